The molecule has 1 heterocycles. The molecule has 0 radical (unpaired) electrons. The molecule has 1 aliphatic heterocycles. The Kier molecular flexibility index (Phi) is 4.13. The Labute approximate surface area is 126 Å². The summed E-state index contributed by atoms with van der Waals surface area (Å²) >= 11 is 0. The average Bonchev–Trinajstić information content (AvgIpc) is 2.44. The average molecular weight is 305 g/mol. The van der Waals surface area contributed by atoms with E-state index >= 15 is 0 Å². The zero-order valence-electron chi connectivity index (χ0n) is 12.0. The number of anilines is 1. The number of nitrogen functional groups attached to an aromatic ring is 1. The van der Waals surface area contributed by atoms with Gasteiger partial charge in [-0.05, 0) is 12.1 Å². The van der Waals surface area contributed by atoms with E-state index in [9.17, 15) is 14.4 Å². The van der Waals surface area contributed by atoms with E-state index in [1.165, 1.54) is 19.9 Å². The van der Waals surface area contributed by atoms with Crippen LogP contribution >= 0.6 is 0 Å². The zero-order chi connectivity index (χ0) is 16.3. The Balaban J connectivity index is 2.24. The molecule has 1 saturated heterocycles. The van der Waals surface area contributed by atoms with Gasteiger partial charge in [-0.2, -0.15) is 0 Å². The van der Waals surface area contributed by atoms with Crippen LogP contribution in [0.3, 0.4) is 0 Å². The Bertz CT molecular complexity index is 644. The summed E-state index contributed by atoms with van der Waals surface area (Å²) in [6.07, 6.45) is 1.13. The lowest BCUT2D eigenvalue weighted by molar-refractivity contribution is -0.222. The summed E-state index contributed by atoms with van der Waals surface area (Å²) in [4.78, 5) is 35.2. The van der Waals surface area contributed by atoms with Gasteiger partial charge in [0.2, 0.25) is 0 Å². The van der Waals surface area contributed by atoms with Crippen molar-refractivity contribution in [1.29, 1.82) is 0 Å². The van der Waals surface area contributed by atoms with E-state index in [1.807, 2.05) is 5.43 Å². The van der Waals surface area contributed by atoms with E-state index in [-0.39, 0.29) is 11.1 Å². The van der Waals surface area contributed by atoms with Crippen molar-refractivity contribution in [3.63, 3.8) is 0 Å². The molecule has 1 fully saturated rings. The number of hydrogen-bond donors (Lipinski definition) is 3. The van der Waals surface area contributed by atoms with E-state index in [0.29, 0.717) is 5.69 Å². The van der Waals surface area contributed by atoms with Crippen LogP contribution < -0.4 is 16.6 Å². The van der Waals surface area contributed by atoms with Gasteiger partial charge in [0.15, 0.2) is 5.57 Å². The second kappa shape index (κ2) is 5.86. The van der Waals surface area contributed by atoms with Gasteiger partial charge in [-0.1, -0.05) is 12.1 Å². The molecule has 0 saturated carbocycles. The van der Waals surface area contributed by atoms with Crippen molar-refractivity contribution in [3.8, 4) is 0 Å². The minimum Gasteiger partial charge on any atom is -0.419 e. The van der Waals surface area contributed by atoms with Gasteiger partial charge in [0.25, 0.3) is 11.7 Å². The normalized spacial score (nSPS) is 16.4. The molecule has 0 unspecified atom stereocenters. The maximum atomic E-state index is 11.8. The minimum absolute atomic E-state index is 0.250. The number of rotatable bonds is 3. The molecule has 8 nitrogen and oxygen atoms in total. The second-order valence-corrected chi connectivity index (χ2v) is 4.90. The van der Waals surface area contributed by atoms with Crippen molar-refractivity contribution >= 4 is 23.5 Å². The highest BCUT2D eigenvalue weighted by atomic mass is 16.7. The molecule has 1 aromatic rings. The molecule has 1 aromatic carbocycles. The quantitative estimate of drug-likeness (QED) is 0.185. The number of nitrogens with two attached hydrogens (primary N) is 1. The van der Waals surface area contributed by atoms with Gasteiger partial charge in [0.1, 0.15) is 0 Å². The first-order chi connectivity index (χ1) is 10.3. The van der Waals surface area contributed by atoms with Gasteiger partial charge >= 0.3 is 11.9 Å². The van der Waals surface area contributed by atoms with E-state index in [4.69, 9.17) is 15.3 Å². The Hall–Kier alpha value is -2.87. The van der Waals surface area contributed by atoms with Gasteiger partial charge in [0.05, 0.1) is 11.3 Å². The predicted octanol–water partition coefficient (Wildman–Crippen LogP) is 0.422. The van der Waals surface area contributed by atoms with Gasteiger partial charge in [0, 0.05) is 20.0 Å². The van der Waals surface area contributed by atoms with Crippen LogP contribution in [-0.2, 0) is 19.1 Å². The number of hydrogen-bond acceptors (Lipinski definition) is 7. The molecule has 2 rings (SSSR count). The topological polar surface area (TPSA) is 120 Å². The maximum Gasteiger partial charge on any atom is 0.350 e. The number of para-hydroxylation sites is 1. The summed E-state index contributed by atoms with van der Waals surface area (Å²) < 4.78 is 9.91. The van der Waals surface area contributed by atoms with Crippen molar-refractivity contribution in [2.45, 2.75) is 19.6 Å². The molecular weight excluding hydrogens is 290 g/mol. The first-order valence-corrected chi connectivity index (χ1v) is 6.37. The number of amides is 1. The fraction of sp³-hybridized carbons (Fsp3) is 0.214. The highest BCUT2D eigenvalue weighted by molar-refractivity contribution is 6.15. The monoisotopic (exact) mass is 305 g/mol. The molecule has 0 aliphatic carbocycles. The zero-order valence-corrected chi connectivity index (χ0v) is 12.0. The number of nitrogens with one attached hydrogen (secondary N) is 2. The number of cyclic esters (lactones) is 2. The van der Waals surface area contributed by atoms with Gasteiger partial charge in [-0.3, -0.25) is 10.2 Å². The number of benzene rings is 1. The predicted molar refractivity (Wildman–Crippen MR) is 76.1 cm³/mol. The third-order valence-corrected chi connectivity index (χ3v) is 2.79. The van der Waals surface area contributed by atoms with Crippen LogP contribution in [0.2, 0.25) is 0 Å². The van der Waals surface area contributed by atoms with E-state index in [1.54, 1.807) is 18.2 Å². The number of carbonyl (C=O) groups is 3. The van der Waals surface area contributed by atoms with Crippen LogP contribution in [0.1, 0.15) is 24.2 Å². The molecule has 22 heavy (non-hydrogen) atoms. The van der Waals surface area contributed by atoms with Gasteiger partial charge < -0.3 is 14.8 Å². The van der Waals surface area contributed by atoms with Gasteiger partial charge in [-0.15, -0.1) is 0 Å². The summed E-state index contributed by atoms with van der Waals surface area (Å²) in [5.41, 5.74) is 2.32. The largest absolute Gasteiger partial charge is 0.419 e. The van der Waals surface area contributed by atoms with E-state index in [0.717, 1.165) is 6.20 Å². The standard InChI is InChI=1S/C14H15N3O5/c1-14(2)21-12(19)9(13(20)22-14)7-16-10-6-4-3-5-8(10)11(18)17-15/h3-7,16H,15H2,1-2H3,(H,17,18). The fourth-order valence-corrected chi connectivity index (χ4v) is 1.81. The van der Waals surface area contributed by atoms with Crippen molar-refractivity contribution in [1.82, 2.24) is 5.43 Å². The second-order valence-electron chi connectivity index (χ2n) is 4.90. The highest BCUT2D eigenvalue weighted by Crippen LogP contribution is 2.23. The number of esters is 2. The van der Waals surface area contributed by atoms with Crippen molar-refractivity contribution in [2.24, 2.45) is 5.84 Å². The summed E-state index contributed by atoms with van der Waals surface area (Å²) in [5, 5.41) is 2.71. The van der Waals surface area contributed by atoms with Crippen molar-refractivity contribution in [3.05, 3.63) is 41.6 Å². The summed E-state index contributed by atoms with van der Waals surface area (Å²) in [6.45, 7) is 2.90. The summed E-state index contributed by atoms with van der Waals surface area (Å²) in [7, 11) is 0. The molecule has 0 atom stereocenters. The molecule has 8 heteroatoms. The lowest BCUT2D eigenvalue weighted by atomic mass is 10.1. The molecule has 4 N–H and O–H groups in total. The van der Waals surface area contributed by atoms with Crippen LogP contribution in [0, 0.1) is 0 Å². The van der Waals surface area contributed by atoms with Crippen LogP contribution in [0.15, 0.2) is 36.0 Å². The Morgan fingerprint density at radius 3 is 2.36 bits per heavy atom. The minimum atomic E-state index is -1.30. The third kappa shape index (κ3) is 3.23. The number of carbonyl (C=O) groups excluding carboxylic acids is 3. The Morgan fingerprint density at radius 2 is 1.77 bits per heavy atom. The summed E-state index contributed by atoms with van der Waals surface area (Å²) in [5.74, 6) is 1.65. The van der Waals surface area contributed by atoms with Crippen LogP contribution in [0.4, 0.5) is 5.69 Å². The fourth-order valence-electron chi connectivity index (χ4n) is 1.81. The molecule has 0 aromatic heterocycles. The molecule has 0 spiro atoms. The molecule has 116 valence electrons. The SMILES string of the molecule is CC1(C)OC(=O)C(=CNc2ccccc2C(=O)NN)C(=O)O1. The third-order valence-electron chi connectivity index (χ3n) is 2.79. The lowest BCUT2D eigenvalue weighted by Gasteiger charge is -2.29. The van der Waals surface area contributed by atoms with Crippen molar-refractivity contribution < 1.29 is 23.9 Å². The molecular formula is C14H15N3O5. The molecule has 1 aliphatic rings. The van der Waals surface area contributed by atoms with E-state index in [2.05, 4.69) is 5.32 Å². The van der Waals surface area contributed by atoms with Crippen LogP contribution in [0.25, 0.3) is 0 Å². The number of ether oxygens (including phenoxy) is 2. The van der Waals surface area contributed by atoms with Crippen LogP contribution in [0.5, 0.6) is 0 Å². The van der Waals surface area contributed by atoms with E-state index < -0.39 is 23.6 Å². The smallest absolute Gasteiger partial charge is 0.350 e. The first-order valence-electron chi connectivity index (χ1n) is 6.37. The van der Waals surface area contributed by atoms with Crippen molar-refractivity contribution in [2.75, 3.05) is 5.32 Å². The lowest BCUT2D eigenvalue weighted by Crippen LogP contribution is -2.42. The first kappa shape index (κ1) is 15.5. The van der Waals surface area contributed by atoms with Crippen LogP contribution in [-0.4, -0.2) is 23.6 Å². The molecule has 1 amide bonds. The number of hydrazine groups is 1. The highest BCUT2D eigenvalue weighted by Gasteiger charge is 2.38. The summed E-state index contributed by atoms with van der Waals surface area (Å²) in [6, 6.07) is 6.44. The Morgan fingerprint density at radius 1 is 1.18 bits per heavy atom. The van der Waals surface area contributed by atoms with Gasteiger partial charge in [-0.25, -0.2) is 15.4 Å². The maximum absolute atomic E-state index is 11.8. The molecule has 0 bridgehead atoms.